The summed E-state index contributed by atoms with van der Waals surface area (Å²) in [5.74, 6) is 0. The Morgan fingerprint density at radius 2 is 1.07 bits per heavy atom. The first-order valence-electron chi connectivity index (χ1n) is 9.49. The maximum Gasteiger partial charge on any atom is 0.491 e. The molecule has 0 aliphatic heterocycles. The summed E-state index contributed by atoms with van der Waals surface area (Å²) >= 11 is 0. The smallest absolute Gasteiger partial charge is 0.393 e. The van der Waals surface area contributed by atoms with Crippen LogP contribution in [0.25, 0.3) is 0 Å². The summed E-state index contributed by atoms with van der Waals surface area (Å²) in [7, 11) is -4.16. The van der Waals surface area contributed by atoms with Crippen LogP contribution in [0.4, 0.5) is 13.2 Å². The minimum atomic E-state index is -4.33. The summed E-state index contributed by atoms with van der Waals surface area (Å²) in [6.45, 7) is 9.76. The first kappa shape index (κ1) is 28.2. The van der Waals surface area contributed by atoms with Crippen LogP contribution in [0.5, 0.6) is 0 Å². The highest BCUT2D eigenvalue weighted by Crippen LogP contribution is 2.42. The van der Waals surface area contributed by atoms with E-state index in [-0.39, 0.29) is 17.1 Å². The standard InChI is InChI=1S/C16H37F3O6Si3/c1-10-12-26(20-6,21-7)24-28(14(2)3,15(4)5)25-27(22-8,23-9)13-11-16(17,18)19/h14-15H,10-13H2,1-9H3. The molecule has 0 aliphatic carbocycles. The monoisotopic (exact) mass is 466 g/mol. The molecule has 0 heterocycles. The van der Waals surface area contributed by atoms with Crippen molar-refractivity contribution in [3.63, 3.8) is 0 Å². The quantitative estimate of drug-likeness (QED) is 0.332. The molecule has 0 aromatic carbocycles. The molecule has 0 bridgehead atoms. The van der Waals surface area contributed by atoms with Crippen LogP contribution in [0.1, 0.15) is 47.5 Å². The Morgan fingerprint density at radius 1 is 0.714 bits per heavy atom. The molecule has 12 heteroatoms. The summed E-state index contributed by atoms with van der Waals surface area (Å²) in [4.78, 5) is 0. The molecule has 170 valence electrons. The van der Waals surface area contributed by atoms with Gasteiger partial charge in [-0.2, -0.15) is 13.2 Å². The number of halogens is 3. The van der Waals surface area contributed by atoms with Gasteiger partial charge in [0, 0.05) is 46.9 Å². The number of hydrogen-bond donors (Lipinski definition) is 0. The molecule has 0 rings (SSSR count). The fraction of sp³-hybridized carbons (Fsp3) is 1.00. The molecule has 0 atom stereocenters. The van der Waals surface area contributed by atoms with E-state index in [2.05, 4.69) is 0 Å². The van der Waals surface area contributed by atoms with E-state index in [4.69, 9.17) is 25.9 Å². The normalized spacial score (nSPS) is 14.4. The SMILES string of the molecule is CCC[Si](OC)(OC)O[Si](O[Si](CCC(F)(F)F)(OC)OC)(C(C)C)C(C)C. The molecule has 0 aliphatic rings. The summed E-state index contributed by atoms with van der Waals surface area (Å²) in [6, 6.07) is 0.206. The lowest BCUT2D eigenvalue weighted by atomic mass is 10.5. The highest BCUT2D eigenvalue weighted by molar-refractivity contribution is 6.85. The maximum absolute atomic E-state index is 12.9. The second-order valence-electron chi connectivity index (χ2n) is 7.28. The van der Waals surface area contributed by atoms with Crippen LogP contribution >= 0.6 is 0 Å². The summed E-state index contributed by atoms with van der Waals surface area (Å²) in [5.41, 5.74) is -0.186. The van der Waals surface area contributed by atoms with E-state index >= 15 is 0 Å². The molecule has 0 fully saturated rings. The van der Waals surface area contributed by atoms with Gasteiger partial charge in [0.25, 0.3) is 0 Å². The molecule has 0 spiro atoms. The Hall–Kier alpha value is 0.201. The fourth-order valence-corrected chi connectivity index (χ4v) is 17.1. The molecule has 0 aromatic heterocycles. The third kappa shape index (κ3) is 7.47. The first-order valence-corrected chi connectivity index (χ1v) is 15.3. The van der Waals surface area contributed by atoms with Crippen LogP contribution in [-0.4, -0.2) is 60.8 Å². The molecule has 0 N–H and O–H groups in total. The molecule has 0 saturated carbocycles. The van der Waals surface area contributed by atoms with Crippen molar-refractivity contribution in [1.29, 1.82) is 0 Å². The Kier molecular flexibility index (Phi) is 11.6. The molecule has 0 aromatic rings. The van der Waals surface area contributed by atoms with Gasteiger partial charge in [-0.15, -0.1) is 0 Å². The lowest BCUT2D eigenvalue weighted by Crippen LogP contribution is -2.64. The van der Waals surface area contributed by atoms with Gasteiger partial charge in [0.05, 0.1) is 0 Å². The second-order valence-corrected chi connectivity index (χ2v) is 18.0. The number of alkyl halides is 3. The van der Waals surface area contributed by atoms with Gasteiger partial charge in [-0.3, -0.25) is 0 Å². The summed E-state index contributed by atoms with van der Waals surface area (Å²) in [6.07, 6.45) is -4.60. The lowest BCUT2D eigenvalue weighted by Gasteiger charge is -2.46. The van der Waals surface area contributed by atoms with Gasteiger partial charge in [-0.05, 0) is 11.1 Å². The third-order valence-corrected chi connectivity index (χ3v) is 17.5. The van der Waals surface area contributed by atoms with Crippen LogP contribution in [0.15, 0.2) is 0 Å². The Bertz CT molecular complexity index is 436. The van der Waals surface area contributed by atoms with Crippen molar-refractivity contribution in [3.8, 4) is 0 Å². The van der Waals surface area contributed by atoms with Crippen molar-refractivity contribution in [2.45, 2.75) is 76.8 Å². The van der Waals surface area contributed by atoms with Crippen LogP contribution < -0.4 is 0 Å². The van der Waals surface area contributed by atoms with E-state index in [0.717, 1.165) is 6.42 Å². The van der Waals surface area contributed by atoms with Crippen molar-refractivity contribution in [1.82, 2.24) is 0 Å². The second kappa shape index (κ2) is 11.6. The molecule has 0 amide bonds. The summed E-state index contributed by atoms with van der Waals surface area (Å²) in [5, 5.41) is 0. The minimum absolute atomic E-state index is 0.0930. The zero-order chi connectivity index (χ0) is 22.2. The van der Waals surface area contributed by atoms with E-state index in [1.54, 1.807) is 0 Å². The highest BCUT2D eigenvalue weighted by Gasteiger charge is 2.59. The molecule has 0 unspecified atom stereocenters. The largest absolute Gasteiger partial charge is 0.491 e. The van der Waals surface area contributed by atoms with Gasteiger partial charge in [0.2, 0.25) is 0 Å². The van der Waals surface area contributed by atoms with Gasteiger partial charge in [-0.1, -0.05) is 41.0 Å². The molecular formula is C16H37F3O6Si3. The van der Waals surface area contributed by atoms with Crippen LogP contribution in [0.3, 0.4) is 0 Å². The van der Waals surface area contributed by atoms with Crippen molar-refractivity contribution in [2.75, 3.05) is 28.4 Å². The predicted molar refractivity (Wildman–Crippen MR) is 108 cm³/mol. The Labute approximate surface area is 171 Å². The molecular weight excluding hydrogens is 429 g/mol. The molecule has 0 radical (unpaired) electrons. The van der Waals surface area contributed by atoms with E-state index in [0.29, 0.717) is 6.04 Å². The van der Waals surface area contributed by atoms with Crippen LogP contribution in [0, 0.1) is 0 Å². The van der Waals surface area contributed by atoms with Crippen molar-refractivity contribution < 1.29 is 39.1 Å². The van der Waals surface area contributed by atoms with Gasteiger partial charge in [0.1, 0.15) is 0 Å². The minimum Gasteiger partial charge on any atom is -0.393 e. The highest BCUT2D eigenvalue weighted by atomic mass is 28.5. The van der Waals surface area contributed by atoms with Crippen molar-refractivity contribution >= 4 is 26.2 Å². The van der Waals surface area contributed by atoms with Gasteiger partial charge < -0.3 is 25.9 Å². The number of rotatable bonds is 14. The fourth-order valence-electron chi connectivity index (χ4n) is 3.09. The Balaban J connectivity index is 6.11. The zero-order valence-electron chi connectivity index (χ0n) is 18.6. The van der Waals surface area contributed by atoms with Crippen molar-refractivity contribution in [3.05, 3.63) is 0 Å². The lowest BCUT2D eigenvalue weighted by molar-refractivity contribution is -0.132. The van der Waals surface area contributed by atoms with Crippen LogP contribution in [0.2, 0.25) is 23.2 Å². The van der Waals surface area contributed by atoms with Gasteiger partial charge >= 0.3 is 32.3 Å². The zero-order valence-corrected chi connectivity index (χ0v) is 21.6. The Morgan fingerprint density at radius 3 is 1.32 bits per heavy atom. The van der Waals surface area contributed by atoms with E-state index < -0.39 is 38.8 Å². The van der Waals surface area contributed by atoms with Crippen molar-refractivity contribution in [2.24, 2.45) is 0 Å². The van der Waals surface area contributed by atoms with Gasteiger partial charge in [-0.25, -0.2) is 0 Å². The molecule has 28 heavy (non-hydrogen) atoms. The average Bonchev–Trinajstić information content (AvgIpc) is 2.62. The predicted octanol–water partition coefficient (Wildman–Crippen LogP) is 5.11. The molecule has 0 saturated heterocycles. The van der Waals surface area contributed by atoms with Gasteiger partial charge in [0.15, 0.2) is 0 Å². The van der Waals surface area contributed by atoms with Crippen LogP contribution in [-0.2, 0) is 25.9 Å². The maximum atomic E-state index is 12.9. The topological polar surface area (TPSA) is 55.4 Å². The first-order chi connectivity index (χ1) is 12.8. The average molecular weight is 467 g/mol. The number of hydrogen-bond acceptors (Lipinski definition) is 6. The van der Waals surface area contributed by atoms with E-state index in [1.165, 1.54) is 28.4 Å². The van der Waals surface area contributed by atoms with E-state index in [1.807, 2.05) is 34.6 Å². The third-order valence-electron chi connectivity index (χ3n) is 4.75. The van der Waals surface area contributed by atoms with E-state index in [9.17, 15) is 13.2 Å². The molecule has 6 nitrogen and oxygen atoms in total. The summed E-state index contributed by atoms with van der Waals surface area (Å²) < 4.78 is 74.0.